The highest BCUT2D eigenvalue weighted by molar-refractivity contribution is 5.91. The number of nitrogen functional groups attached to an aromatic ring is 1. The lowest BCUT2D eigenvalue weighted by molar-refractivity contribution is -0.124. The Bertz CT molecular complexity index is 463. The first-order valence-corrected chi connectivity index (χ1v) is 6.03. The second-order valence-electron chi connectivity index (χ2n) is 4.33. The number of carbonyl (C=O) groups is 2. The van der Waals surface area contributed by atoms with Crippen LogP contribution in [-0.2, 0) is 9.53 Å². The van der Waals surface area contributed by atoms with Gasteiger partial charge in [0.2, 0.25) is 0 Å². The van der Waals surface area contributed by atoms with Crippen molar-refractivity contribution in [1.29, 1.82) is 0 Å². The predicted octanol–water partition coefficient (Wildman–Crippen LogP) is 0.698. The van der Waals surface area contributed by atoms with E-state index in [1.807, 2.05) is 4.57 Å². The van der Waals surface area contributed by atoms with Gasteiger partial charge in [-0.15, -0.1) is 0 Å². The summed E-state index contributed by atoms with van der Waals surface area (Å²) >= 11 is 0. The van der Waals surface area contributed by atoms with Crippen LogP contribution >= 0.6 is 0 Å². The maximum atomic E-state index is 11.8. The zero-order valence-electron chi connectivity index (χ0n) is 10.3. The molecule has 6 heteroatoms. The number of anilines is 1. The first-order chi connectivity index (χ1) is 8.61. The number of amides is 1. The minimum atomic E-state index is -0.509. The maximum absolute atomic E-state index is 11.8. The number of esters is 1. The lowest BCUT2D eigenvalue weighted by Gasteiger charge is -2.07. The summed E-state index contributed by atoms with van der Waals surface area (Å²) in [6.45, 7) is 2.06. The number of nitrogens with two attached hydrogens (primary N) is 1. The Hall–Kier alpha value is -1.98. The maximum Gasteiger partial charge on any atom is 0.355 e. The van der Waals surface area contributed by atoms with Crippen molar-refractivity contribution < 1.29 is 14.3 Å². The summed E-state index contributed by atoms with van der Waals surface area (Å²) in [7, 11) is 0. The van der Waals surface area contributed by atoms with Gasteiger partial charge < -0.3 is 20.4 Å². The summed E-state index contributed by atoms with van der Waals surface area (Å²) in [5.74, 6) is -0.812. The van der Waals surface area contributed by atoms with E-state index >= 15 is 0 Å². The van der Waals surface area contributed by atoms with Gasteiger partial charge in [-0.2, -0.15) is 0 Å². The van der Waals surface area contributed by atoms with Gasteiger partial charge in [0.25, 0.3) is 5.91 Å². The minimum absolute atomic E-state index is 0.261. The van der Waals surface area contributed by atoms with Gasteiger partial charge in [0, 0.05) is 18.8 Å². The topological polar surface area (TPSA) is 86.3 Å². The Morgan fingerprint density at radius 3 is 2.89 bits per heavy atom. The van der Waals surface area contributed by atoms with E-state index in [1.165, 1.54) is 0 Å². The molecule has 1 aliphatic carbocycles. The van der Waals surface area contributed by atoms with Crippen molar-refractivity contribution in [2.24, 2.45) is 0 Å². The third kappa shape index (κ3) is 2.82. The first-order valence-electron chi connectivity index (χ1n) is 6.03. The van der Waals surface area contributed by atoms with Crippen LogP contribution in [0.4, 0.5) is 5.69 Å². The molecule has 1 amide bonds. The number of rotatable bonds is 5. The Kier molecular flexibility index (Phi) is 3.55. The van der Waals surface area contributed by atoms with E-state index in [-0.39, 0.29) is 12.5 Å². The van der Waals surface area contributed by atoms with Crippen LogP contribution in [0.3, 0.4) is 0 Å². The number of nitrogens with zero attached hydrogens (tertiary/aromatic N) is 1. The molecule has 1 aromatic heterocycles. The van der Waals surface area contributed by atoms with Crippen molar-refractivity contribution in [1.82, 2.24) is 9.88 Å². The molecule has 1 aromatic rings. The van der Waals surface area contributed by atoms with Gasteiger partial charge in [-0.3, -0.25) is 4.79 Å². The van der Waals surface area contributed by atoms with Gasteiger partial charge in [0.15, 0.2) is 6.61 Å². The lowest BCUT2D eigenvalue weighted by Crippen LogP contribution is -2.28. The number of likely N-dealkylation sites (N-methyl/N-ethyl adjacent to an activating group) is 1. The third-order valence-corrected chi connectivity index (χ3v) is 2.73. The van der Waals surface area contributed by atoms with Crippen LogP contribution in [0.5, 0.6) is 0 Å². The highest BCUT2D eigenvalue weighted by Gasteiger charge is 2.28. The minimum Gasteiger partial charge on any atom is -0.451 e. The Morgan fingerprint density at radius 1 is 1.56 bits per heavy atom. The van der Waals surface area contributed by atoms with Crippen LogP contribution in [0.15, 0.2) is 12.3 Å². The second kappa shape index (κ2) is 5.12. The van der Waals surface area contributed by atoms with E-state index in [0.717, 1.165) is 12.8 Å². The second-order valence-corrected chi connectivity index (χ2v) is 4.33. The SMILES string of the molecule is CCNC(=O)COC(=O)c1cc(N)cn1C1CC1. The Labute approximate surface area is 105 Å². The van der Waals surface area contributed by atoms with E-state index in [4.69, 9.17) is 10.5 Å². The van der Waals surface area contributed by atoms with Crippen LogP contribution in [0, 0.1) is 0 Å². The van der Waals surface area contributed by atoms with Crippen molar-refractivity contribution in [3.05, 3.63) is 18.0 Å². The summed E-state index contributed by atoms with van der Waals surface area (Å²) in [6.07, 6.45) is 3.83. The van der Waals surface area contributed by atoms with Crippen molar-refractivity contribution in [2.45, 2.75) is 25.8 Å². The average molecular weight is 251 g/mol. The quantitative estimate of drug-likeness (QED) is 0.754. The molecule has 0 radical (unpaired) electrons. The molecule has 3 N–H and O–H groups in total. The predicted molar refractivity (Wildman–Crippen MR) is 66.1 cm³/mol. The fourth-order valence-corrected chi connectivity index (χ4v) is 1.77. The smallest absolute Gasteiger partial charge is 0.355 e. The molecule has 1 fully saturated rings. The van der Waals surface area contributed by atoms with Crippen LogP contribution in [0.25, 0.3) is 0 Å². The first kappa shape index (κ1) is 12.5. The molecule has 1 saturated carbocycles. The highest BCUT2D eigenvalue weighted by atomic mass is 16.5. The zero-order valence-corrected chi connectivity index (χ0v) is 10.3. The molecule has 2 rings (SSSR count). The third-order valence-electron chi connectivity index (χ3n) is 2.73. The number of nitrogens with one attached hydrogen (secondary N) is 1. The molecule has 1 heterocycles. The Morgan fingerprint density at radius 2 is 2.28 bits per heavy atom. The molecule has 6 nitrogen and oxygen atoms in total. The van der Waals surface area contributed by atoms with Crippen molar-refractivity contribution in [3.8, 4) is 0 Å². The molecule has 98 valence electrons. The molecule has 0 unspecified atom stereocenters. The number of carbonyl (C=O) groups excluding carboxylic acids is 2. The molecular weight excluding hydrogens is 234 g/mol. The average Bonchev–Trinajstić information content (AvgIpc) is 3.10. The van der Waals surface area contributed by atoms with E-state index < -0.39 is 5.97 Å². The molecule has 1 aliphatic rings. The Balaban J connectivity index is 1.98. The van der Waals surface area contributed by atoms with Crippen LogP contribution < -0.4 is 11.1 Å². The fraction of sp³-hybridized carbons (Fsp3) is 0.500. The van der Waals surface area contributed by atoms with Gasteiger partial charge in [-0.05, 0) is 25.8 Å². The molecule has 18 heavy (non-hydrogen) atoms. The summed E-state index contributed by atoms with van der Waals surface area (Å²) in [5.41, 5.74) is 6.63. The molecule has 0 aromatic carbocycles. The van der Waals surface area contributed by atoms with Crippen LogP contribution in [-0.4, -0.2) is 29.6 Å². The van der Waals surface area contributed by atoms with Crippen molar-refractivity contribution in [2.75, 3.05) is 18.9 Å². The number of ether oxygens (including phenoxy) is 1. The van der Waals surface area contributed by atoms with Crippen LogP contribution in [0.1, 0.15) is 36.3 Å². The van der Waals surface area contributed by atoms with Gasteiger partial charge in [0.1, 0.15) is 5.69 Å². The summed E-state index contributed by atoms with van der Waals surface area (Å²) in [5, 5.41) is 2.56. The number of aromatic nitrogens is 1. The highest BCUT2D eigenvalue weighted by Crippen LogP contribution is 2.37. The molecule has 0 spiro atoms. The summed E-state index contributed by atoms with van der Waals surface area (Å²) in [6, 6.07) is 1.92. The van der Waals surface area contributed by atoms with Gasteiger partial charge in [0.05, 0.1) is 5.69 Å². The van der Waals surface area contributed by atoms with E-state index in [2.05, 4.69) is 5.32 Å². The molecule has 0 atom stereocenters. The molecule has 0 aliphatic heterocycles. The molecule has 0 bridgehead atoms. The number of hydrogen-bond acceptors (Lipinski definition) is 4. The van der Waals surface area contributed by atoms with E-state index in [1.54, 1.807) is 19.2 Å². The monoisotopic (exact) mass is 251 g/mol. The zero-order chi connectivity index (χ0) is 13.1. The van der Waals surface area contributed by atoms with Crippen LogP contribution in [0.2, 0.25) is 0 Å². The molecule has 0 saturated heterocycles. The van der Waals surface area contributed by atoms with Crippen molar-refractivity contribution >= 4 is 17.6 Å². The molecular formula is C12H17N3O3. The summed E-state index contributed by atoms with van der Waals surface area (Å²) in [4.78, 5) is 23.0. The van der Waals surface area contributed by atoms with Gasteiger partial charge in [-0.25, -0.2) is 4.79 Å². The van der Waals surface area contributed by atoms with E-state index in [0.29, 0.717) is 24.0 Å². The fourth-order valence-electron chi connectivity index (χ4n) is 1.77. The van der Waals surface area contributed by atoms with Gasteiger partial charge >= 0.3 is 5.97 Å². The standard InChI is InChI=1S/C12H17N3O3/c1-2-14-11(16)7-18-12(17)10-5-8(13)6-15(10)9-3-4-9/h5-6,9H,2-4,7,13H2,1H3,(H,14,16). The van der Waals surface area contributed by atoms with E-state index in [9.17, 15) is 9.59 Å². The largest absolute Gasteiger partial charge is 0.451 e. The summed E-state index contributed by atoms with van der Waals surface area (Å²) < 4.78 is 6.78. The normalized spacial score (nSPS) is 14.3. The van der Waals surface area contributed by atoms with Gasteiger partial charge in [-0.1, -0.05) is 0 Å². The lowest BCUT2D eigenvalue weighted by atomic mass is 10.4. The van der Waals surface area contributed by atoms with Crippen molar-refractivity contribution in [3.63, 3.8) is 0 Å². The number of hydrogen-bond donors (Lipinski definition) is 2.